The van der Waals surface area contributed by atoms with Gasteiger partial charge >= 0.3 is 5.69 Å². The number of aromatic amines is 1. The molecular formula is C21H21N5O4S. The van der Waals surface area contributed by atoms with Crippen LogP contribution >= 0.6 is 11.3 Å². The molecule has 31 heavy (non-hydrogen) atoms. The molecule has 3 heterocycles. The zero-order chi connectivity index (χ0) is 22.3. The van der Waals surface area contributed by atoms with Crippen LogP contribution in [0.5, 0.6) is 5.75 Å². The van der Waals surface area contributed by atoms with Gasteiger partial charge in [0.15, 0.2) is 5.82 Å². The molecule has 0 aliphatic rings. The summed E-state index contributed by atoms with van der Waals surface area (Å²) in [4.78, 5) is 40.8. The first-order valence-electron chi connectivity index (χ1n) is 9.52. The Bertz CT molecular complexity index is 1430. The number of amides is 1. The number of nitrogens with one attached hydrogen (secondary N) is 2. The van der Waals surface area contributed by atoms with Crippen molar-refractivity contribution in [2.75, 3.05) is 12.4 Å². The maximum absolute atomic E-state index is 13.4. The van der Waals surface area contributed by atoms with Crippen LogP contribution in [0.25, 0.3) is 15.9 Å². The highest BCUT2D eigenvalue weighted by Gasteiger charge is 2.21. The molecular weight excluding hydrogens is 418 g/mol. The normalized spacial score (nSPS) is 11.1. The molecule has 9 nitrogen and oxygen atoms in total. The number of rotatable bonds is 5. The molecule has 0 saturated heterocycles. The number of H-pyrrole nitrogens is 1. The number of fused-ring (bicyclic) bond motifs is 1. The van der Waals surface area contributed by atoms with Gasteiger partial charge in [-0.1, -0.05) is 6.07 Å². The molecule has 0 spiro atoms. The summed E-state index contributed by atoms with van der Waals surface area (Å²) >= 11 is 1.32. The lowest BCUT2D eigenvalue weighted by molar-refractivity contribution is -0.116. The SMILES string of the molecule is COc1cccc(-n2c(=O)c3c(C)c(C)sc3n(CC(=O)Nc3cc(C)[nH]n3)c2=O)c1. The number of carbonyl (C=O) groups excluding carboxylic acids is 1. The summed E-state index contributed by atoms with van der Waals surface area (Å²) in [5, 5.41) is 9.84. The minimum absolute atomic E-state index is 0.259. The maximum atomic E-state index is 13.4. The van der Waals surface area contributed by atoms with Gasteiger partial charge in [-0.3, -0.25) is 19.3 Å². The number of hydrogen-bond acceptors (Lipinski definition) is 6. The first kappa shape index (κ1) is 20.6. The minimum Gasteiger partial charge on any atom is -0.497 e. The molecule has 4 rings (SSSR count). The average Bonchev–Trinajstić information content (AvgIpc) is 3.28. The van der Waals surface area contributed by atoms with E-state index in [1.807, 2.05) is 20.8 Å². The van der Waals surface area contributed by atoms with Crippen molar-refractivity contribution in [3.05, 3.63) is 67.3 Å². The molecule has 0 fully saturated rings. The van der Waals surface area contributed by atoms with Crippen molar-refractivity contribution < 1.29 is 9.53 Å². The quantitative estimate of drug-likeness (QED) is 0.496. The molecule has 10 heteroatoms. The van der Waals surface area contributed by atoms with Crippen molar-refractivity contribution in [3.63, 3.8) is 0 Å². The predicted molar refractivity (Wildman–Crippen MR) is 120 cm³/mol. The molecule has 3 aromatic heterocycles. The Hall–Kier alpha value is -3.66. The molecule has 1 amide bonds. The number of thiophene rings is 1. The average molecular weight is 439 g/mol. The molecule has 0 saturated carbocycles. The Morgan fingerprint density at radius 3 is 2.68 bits per heavy atom. The second-order valence-electron chi connectivity index (χ2n) is 7.16. The van der Waals surface area contributed by atoms with Gasteiger partial charge < -0.3 is 10.1 Å². The molecule has 0 radical (unpaired) electrons. The zero-order valence-electron chi connectivity index (χ0n) is 17.5. The number of hydrogen-bond donors (Lipinski definition) is 2. The number of nitrogens with zero attached hydrogens (tertiary/aromatic N) is 3. The molecule has 0 unspecified atom stereocenters. The van der Waals surface area contributed by atoms with E-state index in [1.54, 1.807) is 30.3 Å². The van der Waals surface area contributed by atoms with Crippen LogP contribution in [-0.4, -0.2) is 32.3 Å². The van der Waals surface area contributed by atoms with Crippen molar-refractivity contribution in [1.29, 1.82) is 0 Å². The van der Waals surface area contributed by atoms with E-state index in [2.05, 4.69) is 15.5 Å². The van der Waals surface area contributed by atoms with Crippen molar-refractivity contribution in [2.24, 2.45) is 0 Å². The van der Waals surface area contributed by atoms with Crippen LogP contribution in [0.2, 0.25) is 0 Å². The second-order valence-corrected chi connectivity index (χ2v) is 8.36. The molecule has 0 aliphatic carbocycles. The van der Waals surface area contributed by atoms with E-state index in [1.165, 1.54) is 23.0 Å². The van der Waals surface area contributed by atoms with Crippen LogP contribution in [0.15, 0.2) is 39.9 Å². The smallest absolute Gasteiger partial charge is 0.337 e. The Balaban J connectivity index is 1.89. The first-order chi connectivity index (χ1) is 14.8. The highest BCUT2D eigenvalue weighted by molar-refractivity contribution is 7.18. The van der Waals surface area contributed by atoms with E-state index in [0.29, 0.717) is 27.5 Å². The number of carbonyl (C=O) groups is 1. The van der Waals surface area contributed by atoms with Crippen LogP contribution in [0.4, 0.5) is 5.82 Å². The van der Waals surface area contributed by atoms with Crippen molar-refractivity contribution >= 4 is 33.3 Å². The Morgan fingerprint density at radius 2 is 2.00 bits per heavy atom. The Morgan fingerprint density at radius 1 is 1.23 bits per heavy atom. The molecule has 0 aliphatic heterocycles. The first-order valence-corrected chi connectivity index (χ1v) is 10.3. The molecule has 0 bridgehead atoms. The van der Waals surface area contributed by atoms with Gasteiger partial charge in [-0.15, -0.1) is 11.3 Å². The largest absolute Gasteiger partial charge is 0.497 e. The number of aryl methyl sites for hydroxylation is 3. The number of benzene rings is 1. The topological polar surface area (TPSA) is 111 Å². The van der Waals surface area contributed by atoms with Crippen molar-refractivity contribution in [2.45, 2.75) is 27.3 Å². The van der Waals surface area contributed by atoms with E-state index in [9.17, 15) is 14.4 Å². The minimum atomic E-state index is -0.597. The van der Waals surface area contributed by atoms with Crippen LogP contribution < -0.4 is 21.3 Å². The van der Waals surface area contributed by atoms with E-state index >= 15 is 0 Å². The van der Waals surface area contributed by atoms with Crippen molar-refractivity contribution in [1.82, 2.24) is 19.3 Å². The summed E-state index contributed by atoms with van der Waals surface area (Å²) in [5.41, 5.74) is 0.941. The van der Waals surface area contributed by atoms with E-state index in [4.69, 9.17) is 4.74 Å². The summed E-state index contributed by atoms with van der Waals surface area (Å²) in [7, 11) is 1.51. The van der Waals surface area contributed by atoms with Crippen molar-refractivity contribution in [3.8, 4) is 11.4 Å². The molecule has 160 valence electrons. The molecule has 2 N–H and O–H groups in total. The monoisotopic (exact) mass is 439 g/mol. The van der Waals surface area contributed by atoms with Crippen LogP contribution in [0, 0.1) is 20.8 Å². The molecule has 4 aromatic rings. The number of aromatic nitrogens is 4. The standard InChI is InChI=1S/C21H21N5O4S/c1-11-8-16(24-23-11)22-17(27)10-25-20-18(12(2)13(3)31-20)19(28)26(21(25)29)14-6-5-7-15(9-14)30-4/h5-9H,10H2,1-4H3,(H2,22,23,24,27). The lowest BCUT2D eigenvalue weighted by atomic mass is 10.2. The second kappa shape index (κ2) is 7.88. The molecule has 0 atom stereocenters. The van der Waals surface area contributed by atoms with Gasteiger partial charge in [0.1, 0.15) is 17.1 Å². The fraction of sp³-hybridized carbons (Fsp3) is 0.238. The van der Waals surface area contributed by atoms with E-state index in [0.717, 1.165) is 20.7 Å². The number of ether oxygens (including phenoxy) is 1. The zero-order valence-corrected chi connectivity index (χ0v) is 18.3. The van der Waals surface area contributed by atoms with Gasteiger partial charge in [0.05, 0.1) is 18.2 Å². The maximum Gasteiger partial charge on any atom is 0.337 e. The number of methoxy groups -OCH3 is 1. The third-order valence-electron chi connectivity index (χ3n) is 5.04. The predicted octanol–water partition coefficient (Wildman–Crippen LogP) is 2.51. The van der Waals surface area contributed by atoms with Gasteiger partial charge in [0, 0.05) is 22.7 Å². The van der Waals surface area contributed by atoms with Crippen LogP contribution in [-0.2, 0) is 11.3 Å². The third-order valence-corrected chi connectivity index (χ3v) is 6.27. The Kier molecular flexibility index (Phi) is 5.24. The van der Waals surface area contributed by atoms with E-state index < -0.39 is 17.2 Å². The van der Waals surface area contributed by atoms with Gasteiger partial charge in [-0.25, -0.2) is 9.36 Å². The summed E-state index contributed by atoms with van der Waals surface area (Å²) in [6.07, 6.45) is 0. The van der Waals surface area contributed by atoms with Gasteiger partial charge in [-0.2, -0.15) is 5.10 Å². The highest BCUT2D eigenvalue weighted by atomic mass is 32.1. The molecule has 1 aromatic carbocycles. The van der Waals surface area contributed by atoms with Gasteiger partial charge in [0.2, 0.25) is 5.91 Å². The summed E-state index contributed by atoms with van der Waals surface area (Å²) < 4.78 is 7.65. The van der Waals surface area contributed by atoms with Crippen LogP contribution in [0.3, 0.4) is 0 Å². The fourth-order valence-electron chi connectivity index (χ4n) is 3.38. The number of anilines is 1. The summed E-state index contributed by atoms with van der Waals surface area (Å²) in [6.45, 7) is 5.28. The Labute approximate surface area is 180 Å². The lowest BCUT2D eigenvalue weighted by Gasteiger charge is -2.13. The van der Waals surface area contributed by atoms with E-state index in [-0.39, 0.29) is 6.54 Å². The summed E-state index contributed by atoms with van der Waals surface area (Å²) in [6, 6.07) is 8.38. The fourth-order valence-corrected chi connectivity index (χ4v) is 4.52. The summed E-state index contributed by atoms with van der Waals surface area (Å²) in [5.74, 6) is 0.459. The highest BCUT2D eigenvalue weighted by Crippen LogP contribution is 2.27. The van der Waals surface area contributed by atoms with Crippen LogP contribution in [0.1, 0.15) is 16.1 Å². The van der Waals surface area contributed by atoms with Gasteiger partial charge in [-0.05, 0) is 38.5 Å². The third kappa shape index (κ3) is 3.66. The lowest BCUT2D eigenvalue weighted by Crippen LogP contribution is -2.40. The van der Waals surface area contributed by atoms with Gasteiger partial charge in [0.25, 0.3) is 5.56 Å².